The lowest BCUT2D eigenvalue weighted by atomic mass is 9.98. The summed E-state index contributed by atoms with van der Waals surface area (Å²) in [6.45, 7) is 3.33. The van der Waals surface area contributed by atoms with Gasteiger partial charge in [0.25, 0.3) is 0 Å². The molecule has 2 heterocycles. The molecule has 0 spiro atoms. The number of halogens is 1. The van der Waals surface area contributed by atoms with Gasteiger partial charge >= 0.3 is 5.97 Å². The number of phenolic OH excluding ortho intramolecular Hbond substituents is 1. The van der Waals surface area contributed by atoms with E-state index in [0.717, 1.165) is 36.1 Å². The molecule has 34 heavy (non-hydrogen) atoms. The first-order chi connectivity index (χ1) is 16.4. The maximum atomic E-state index is 12.2. The molecule has 1 aromatic heterocycles. The molecule has 0 unspecified atom stereocenters. The van der Waals surface area contributed by atoms with Crippen LogP contribution in [0.3, 0.4) is 0 Å². The molecule has 0 saturated carbocycles. The molecule has 0 atom stereocenters. The predicted octanol–water partition coefficient (Wildman–Crippen LogP) is 5.36. The molecule has 3 aromatic rings. The summed E-state index contributed by atoms with van der Waals surface area (Å²) in [4.78, 5) is 12.2. The number of aryl methyl sites for hydroxylation is 1. The maximum absolute atomic E-state index is 12.2. The Morgan fingerprint density at radius 2 is 2.15 bits per heavy atom. The number of carboxylic acid groups (broad SMARTS) is 1. The van der Waals surface area contributed by atoms with E-state index in [9.17, 15) is 15.0 Å². The molecule has 2 aromatic carbocycles. The minimum absolute atomic E-state index is 0.00899. The van der Waals surface area contributed by atoms with Crippen molar-refractivity contribution in [3.63, 3.8) is 0 Å². The number of carbonyl (C=O) groups is 1. The van der Waals surface area contributed by atoms with Crippen LogP contribution in [0.1, 0.15) is 36.5 Å². The van der Waals surface area contributed by atoms with Gasteiger partial charge in [-0.15, -0.1) is 0 Å². The van der Waals surface area contributed by atoms with Crippen LogP contribution in [0.15, 0.2) is 42.1 Å². The molecule has 0 bridgehead atoms. The maximum Gasteiger partial charge on any atom is 0.331 e. The third-order valence-electron chi connectivity index (χ3n) is 5.88. The number of aromatic nitrogens is 2. The summed E-state index contributed by atoms with van der Waals surface area (Å²) in [5.41, 5.74) is 3.73. The van der Waals surface area contributed by atoms with E-state index in [2.05, 4.69) is 12.0 Å². The van der Waals surface area contributed by atoms with Crippen LogP contribution < -0.4 is 9.47 Å². The molecule has 0 amide bonds. The van der Waals surface area contributed by atoms with E-state index < -0.39 is 5.97 Å². The SMILES string of the molecule is CCCCn1ncc(C=C(Cc2cc3c(cc2OC)CCO3)C(=O)O)c1-c1ccc(Cl)cc1O. The highest BCUT2D eigenvalue weighted by Crippen LogP contribution is 2.37. The lowest BCUT2D eigenvalue weighted by molar-refractivity contribution is -0.132. The summed E-state index contributed by atoms with van der Waals surface area (Å²) < 4.78 is 13.0. The second-order valence-corrected chi connectivity index (χ2v) is 8.64. The lowest BCUT2D eigenvalue weighted by Gasteiger charge is -2.13. The molecule has 7 nitrogen and oxygen atoms in total. The van der Waals surface area contributed by atoms with Crippen molar-refractivity contribution >= 4 is 23.6 Å². The zero-order chi connectivity index (χ0) is 24.2. The van der Waals surface area contributed by atoms with Gasteiger partial charge in [0, 0.05) is 52.2 Å². The summed E-state index contributed by atoms with van der Waals surface area (Å²) in [7, 11) is 1.57. The zero-order valence-electron chi connectivity index (χ0n) is 19.2. The van der Waals surface area contributed by atoms with Crippen molar-refractivity contribution in [2.24, 2.45) is 0 Å². The average Bonchev–Trinajstić information content (AvgIpc) is 3.43. The first-order valence-electron chi connectivity index (χ1n) is 11.2. The molecule has 0 fully saturated rings. The molecule has 2 N–H and O–H groups in total. The van der Waals surface area contributed by atoms with E-state index in [1.165, 1.54) is 6.07 Å². The predicted molar refractivity (Wildman–Crippen MR) is 131 cm³/mol. The number of phenols is 1. The van der Waals surface area contributed by atoms with Gasteiger partial charge in [0.1, 0.15) is 17.2 Å². The number of aliphatic carboxylic acids is 1. The minimum atomic E-state index is -1.05. The number of rotatable bonds is 9. The van der Waals surface area contributed by atoms with Gasteiger partial charge in [-0.3, -0.25) is 4.68 Å². The summed E-state index contributed by atoms with van der Waals surface area (Å²) >= 11 is 6.03. The molecule has 8 heteroatoms. The Kier molecular flexibility index (Phi) is 7.12. The van der Waals surface area contributed by atoms with Crippen LogP contribution in [-0.4, -0.2) is 39.7 Å². The molecule has 1 aliphatic rings. The van der Waals surface area contributed by atoms with Crippen molar-refractivity contribution in [2.75, 3.05) is 13.7 Å². The van der Waals surface area contributed by atoms with Gasteiger partial charge in [-0.2, -0.15) is 5.10 Å². The molecule has 4 rings (SSSR count). The molecule has 0 saturated heterocycles. The summed E-state index contributed by atoms with van der Waals surface area (Å²) in [6.07, 6.45) is 6.04. The Bertz CT molecular complexity index is 1250. The normalized spacial score (nSPS) is 13.0. The monoisotopic (exact) mass is 482 g/mol. The van der Waals surface area contributed by atoms with E-state index in [-0.39, 0.29) is 17.7 Å². The topological polar surface area (TPSA) is 93.8 Å². The van der Waals surface area contributed by atoms with Crippen molar-refractivity contribution in [2.45, 2.75) is 39.2 Å². The Hall–Kier alpha value is -3.45. The Morgan fingerprint density at radius 1 is 1.32 bits per heavy atom. The van der Waals surface area contributed by atoms with E-state index in [4.69, 9.17) is 21.1 Å². The number of nitrogens with zero attached hydrogens (tertiary/aromatic N) is 2. The molecule has 178 valence electrons. The molecule has 1 aliphatic heterocycles. The highest BCUT2D eigenvalue weighted by atomic mass is 35.5. The van der Waals surface area contributed by atoms with Gasteiger partial charge < -0.3 is 19.7 Å². The smallest absolute Gasteiger partial charge is 0.331 e. The molecular weight excluding hydrogens is 456 g/mol. The third kappa shape index (κ3) is 4.89. The van der Waals surface area contributed by atoms with Crippen LogP contribution in [-0.2, 0) is 24.2 Å². The Labute approximate surface area is 203 Å². The number of benzene rings is 2. The summed E-state index contributed by atoms with van der Waals surface area (Å²) in [5, 5.41) is 25.5. The van der Waals surface area contributed by atoms with Gasteiger partial charge in [-0.25, -0.2) is 4.79 Å². The van der Waals surface area contributed by atoms with Crippen molar-refractivity contribution in [3.8, 4) is 28.5 Å². The lowest BCUT2D eigenvalue weighted by Crippen LogP contribution is -2.06. The molecule has 0 aliphatic carbocycles. The van der Waals surface area contributed by atoms with E-state index in [0.29, 0.717) is 40.7 Å². The number of carboxylic acids is 1. The zero-order valence-corrected chi connectivity index (χ0v) is 19.9. The van der Waals surface area contributed by atoms with E-state index in [1.54, 1.807) is 36.2 Å². The third-order valence-corrected chi connectivity index (χ3v) is 6.12. The second-order valence-electron chi connectivity index (χ2n) is 8.21. The van der Waals surface area contributed by atoms with Crippen molar-refractivity contribution < 1.29 is 24.5 Å². The van der Waals surface area contributed by atoms with Crippen LogP contribution in [0.2, 0.25) is 5.02 Å². The first kappa shape index (κ1) is 23.7. The quantitative estimate of drug-likeness (QED) is 0.398. The van der Waals surface area contributed by atoms with Gasteiger partial charge in [0.15, 0.2) is 0 Å². The number of hydrogen-bond donors (Lipinski definition) is 2. The second kappa shape index (κ2) is 10.2. The van der Waals surface area contributed by atoms with Crippen LogP contribution in [0, 0.1) is 0 Å². The summed E-state index contributed by atoms with van der Waals surface area (Å²) in [6, 6.07) is 8.64. The van der Waals surface area contributed by atoms with E-state index >= 15 is 0 Å². The van der Waals surface area contributed by atoms with Crippen molar-refractivity contribution in [1.82, 2.24) is 9.78 Å². The standard InChI is InChI=1S/C26H27ClN2O5/c1-3-4-8-29-25(21-6-5-20(27)14-22(21)30)19(15-28-29)11-18(26(31)32)10-17-13-24-16(7-9-34-24)12-23(17)33-2/h5-6,11-15,30H,3-4,7-10H2,1-2H3,(H,31,32). The number of methoxy groups -OCH3 is 1. The first-order valence-corrected chi connectivity index (χ1v) is 11.6. The van der Waals surface area contributed by atoms with Crippen LogP contribution in [0.4, 0.5) is 0 Å². The van der Waals surface area contributed by atoms with Crippen LogP contribution in [0.25, 0.3) is 17.3 Å². The molecular formula is C26H27ClN2O5. The number of unbranched alkanes of at least 4 members (excludes halogenated alkanes) is 1. The Morgan fingerprint density at radius 3 is 2.85 bits per heavy atom. The highest BCUT2D eigenvalue weighted by Gasteiger charge is 2.21. The number of hydrogen-bond acceptors (Lipinski definition) is 5. The van der Waals surface area contributed by atoms with Gasteiger partial charge in [-0.1, -0.05) is 24.9 Å². The van der Waals surface area contributed by atoms with Gasteiger partial charge in [0.2, 0.25) is 0 Å². The molecule has 0 radical (unpaired) electrons. The fraction of sp³-hybridized carbons (Fsp3) is 0.308. The van der Waals surface area contributed by atoms with Crippen molar-refractivity contribution in [1.29, 1.82) is 0 Å². The fourth-order valence-electron chi connectivity index (χ4n) is 4.14. The highest BCUT2D eigenvalue weighted by molar-refractivity contribution is 6.30. The van der Waals surface area contributed by atoms with Crippen LogP contribution in [0.5, 0.6) is 17.2 Å². The minimum Gasteiger partial charge on any atom is -0.507 e. The summed E-state index contributed by atoms with van der Waals surface area (Å²) in [5.74, 6) is 0.357. The van der Waals surface area contributed by atoms with Gasteiger partial charge in [0.05, 0.1) is 25.6 Å². The number of fused-ring (bicyclic) bond motifs is 1. The van der Waals surface area contributed by atoms with Crippen molar-refractivity contribution in [3.05, 3.63) is 63.8 Å². The largest absolute Gasteiger partial charge is 0.507 e. The Balaban J connectivity index is 1.78. The van der Waals surface area contributed by atoms with Crippen LogP contribution >= 0.6 is 11.6 Å². The van der Waals surface area contributed by atoms with E-state index in [1.807, 2.05) is 12.1 Å². The van der Waals surface area contributed by atoms with Gasteiger partial charge in [-0.05, 0) is 42.8 Å². The number of ether oxygens (including phenoxy) is 2. The number of aromatic hydroxyl groups is 1. The average molecular weight is 483 g/mol. The fourth-order valence-corrected chi connectivity index (χ4v) is 4.30.